The van der Waals surface area contributed by atoms with Crippen LogP contribution in [0.3, 0.4) is 0 Å². The van der Waals surface area contributed by atoms with Gasteiger partial charge in [0.15, 0.2) is 0 Å². The number of rotatable bonds is 6. The van der Waals surface area contributed by atoms with Crippen LogP contribution in [0.4, 0.5) is 0 Å². The lowest BCUT2D eigenvalue weighted by molar-refractivity contribution is -0.137. The fourth-order valence-corrected chi connectivity index (χ4v) is 2.14. The Hall–Kier alpha value is -1.30. The predicted molar refractivity (Wildman–Crippen MR) is 84.0 cm³/mol. The van der Waals surface area contributed by atoms with Crippen molar-refractivity contribution in [1.29, 1.82) is 0 Å². The number of benzene rings is 1. The Morgan fingerprint density at radius 2 is 2.10 bits per heavy atom. The first kappa shape index (κ1) is 17.8. The third-order valence-corrected chi connectivity index (χ3v) is 3.19. The van der Waals surface area contributed by atoms with Gasteiger partial charge in [-0.1, -0.05) is 18.2 Å². The summed E-state index contributed by atoms with van der Waals surface area (Å²) in [5.74, 6) is 0.872. The minimum absolute atomic E-state index is 0. The zero-order chi connectivity index (χ0) is 14.2. The van der Waals surface area contributed by atoms with Gasteiger partial charge in [0.2, 0.25) is 5.91 Å². The van der Waals surface area contributed by atoms with Crippen LogP contribution in [-0.2, 0) is 9.53 Å². The second-order valence-corrected chi connectivity index (χ2v) is 4.91. The summed E-state index contributed by atoms with van der Waals surface area (Å²) in [4.78, 5) is 13.8. The van der Waals surface area contributed by atoms with Crippen LogP contribution in [0.5, 0.6) is 5.75 Å². The third kappa shape index (κ3) is 6.33. The Bertz CT molecular complexity index is 417. The Morgan fingerprint density at radius 3 is 2.81 bits per heavy atom. The Kier molecular flexibility index (Phi) is 8.12. The number of hydrogen-bond donors (Lipinski definition) is 1. The molecule has 0 radical (unpaired) electrons. The SMILES string of the molecule is CC1CN(C(=O)COCCOc2ccccc2)CCN1.Cl. The second-order valence-electron chi connectivity index (χ2n) is 4.91. The molecule has 1 saturated heterocycles. The summed E-state index contributed by atoms with van der Waals surface area (Å²) >= 11 is 0. The summed E-state index contributed by atoms with van der Waals surface area (Å²) < 4.78 is 10.9. The Morgan fingerprint density at radius 1 is 1.33 bits per heavy atom. The molecule has 1 heterocycles. The molecule has 2 rings (SSSR count). The molecule has 1 amide bonds. The number of hydrogen-bond acceptors (Lipinski definition) is 4. The quantitative estimate of drug-likeness (QED) is 0.805. The van der Waals surface area contributed by atoms with Crippen LogP contribution < -0.4 is 10.1 Å². The van der Waals surface area contributed by atoms with Crippen molar-refractivity contribution < 1.29 is 14.3 Å². The lowest BCUT2D eigenvalue weighted by Gasteiger charge is -2.31. The van der Waals surface area contributed by atoms with Gasteiger partial charge >= 0.3 is 0 Å². The molecule has 1 fully saturated rings. The highest BCUT2D eigenvalue weighted by molar-refractivity contribution is 5.85. The number of nitrogens with one attached hydrogen (secondary N) is 1. The predicted octanol–water partition coefficient (Wildman–Crippen LogP) is 1.32. The van der Waals surface area contributed by atoms with E-state index in [9.17, 15) is 4.79 Å². The number of ether oxygens (including phenoxy) is 2. The van der Waals surface area contributed by atoms with E-state index in [-0.39, 0.29) is 24.9 Å². The Labute approximate surface area is 132 Å². The van der Waals surface area contributed by atoms with Gasteiger partial charge in [-0.3, -0.25) is 4.79 Å². The van der Waals surface area contributed by atoms with E-state index in [1.54, 1.807) is 0 Å². The minimum atomic E-state index is 0. The van der Waals surface area contributed by atoms with Gasteiger partial charge in [0, 0.05) is 25.7 Å². The monoisotopic (exact) mass is 314 g/mol. The topological polar surface area (TPSA) is 50.8 Å². The van der Waals surface area contributed by atoms with E-state index in [0.29, 0.717) is 19.3 Å². The van der Waals surface area contributed by atoms with Gasteiger partial charge < -0.3 is 19.7 Å². The Balaban J connectivity index is 0.00000220. The summed E-state index contributed by atoms with van der Waals surface area (Å²) in [6.07, 6.45) is 0. The summed E-state index contributed by atoms with van der Waals surface area (Å²) in [5.41, 5.74) is 0. The molecule has 1 aliphatic heterocycles. The largest absolute Gasteiger partial charge is 0.491 e. The van der Waals surface area contributed by atoms with E-state index in [4.69, 9.17) is 9.47 Å². The van der Waals surface area contributed by atoms with Gasteiger partial charge in [0.25, 0.3) is 0 Å². The molecular weight excluding hydrogens is 292 g/mol. The van der Waals surface area contributed by atoms with Gasteiger partial charge in [0.1, 0.15) is 19.0 Å². The molecule has 0 spiro atoms. The van der Waals surface area contributed by atoms with Crippen molar-refractivity contribution in [3.63, 3.8) is 0 Å². The van der Waals surface area contributed by atoms with Crippen LogP contribution >= 0.6 is 12.4 Å². The molecular formula is C15H23ClN2O3. The van der Waals surface area contributed by atoms with Gasteiger partial charge in [-0.2, -0.15) is 0 Å². The molecule has 6 heteroatoms. The molecule has 1 atom stereocenters. The molecule has 1 N–H and O–H groups in total. The van der Waals surface area contributed by atoms with Crippen LogP contribution in [0, 0.1) is 0 Å². The third-order valence-electron chi connectivity index (χ3n) is 3.19. The van der Waals surface area contributed by atoms with Crippen LogP contribution in [-0.4, -0.2) is 56.3 Å². The standard InChI is InChI=1S/C15H22N2O3.ClH/c1-13-11-17(8-7-16-13)15(18)12-19-9-10-20-14-5-3-2-4-6-14;/h2-6,13,16H,7-12H2,1H3;1H. The van der Waals surface area contributed by atoms with E-state index in [1.807, 2.05) is 35.2 Å². The zero-order valence-corrected chi connectivity index (χ0v) is 13.1. The molecule has 1 aromatic carbocycles. The first-order valence-corrected chi connectivity index (χ1v) is 7.02. The molecule has 1 aromatic rings. The van der Waals surface area contributed by atoms with Crippen molar-refractivity contribution in [2.75, 3.05) is 39.5 Å². The normalized spacial score (nSPS) is 18.0. The lowest BCUT2D eigenvalue weighted by atomic mass is 10.2. The van der Waals surface area contributed by atoms with E-state index in [0.717, 1.165) is 25.4 Å². The van der Waals surface area contributed by atoms with Crippen LogP contribution in [0.15, 0.2) is 30.3 Å². The lowest BCUT2D eigenvalue weighted by Crippen LogP contribution is -2.52. The van der Waals surface area contributed by atoms with Crippen molar-refractivity contribution >= 4 is 18.3 Å². The molecule has 0 bridgehead atoms. The molecule has 1 unspecified atom stereocenters. The van der Waals surface area contributed by atoms with Gasteiger partial charge in [-0.05, 0) is 19.1 Å². The highest BCUT2D eigenvalue weighted by Gasteiger charge is 2.19. The fourth-order valence-electron chi connectivity index (χ4n) is 2.14. The van der Waals surface area contributed by atoms with Gasteiger partial charge in [0.05, 0.1) is 6.61 Å². The van der Waals surface area contributed by atoms with Crippen molar-refractivity contribution in [3.05, 3.63) is 30.3 Å². The molecule has 0 aliphatic carbocycles. The second kappa shape index (κ2) is 9.60. The zero-order valence-electron chi connectivity index (χ0n) is 12.3. The van der Waals surface area contributed by atoms with Crippen LogP contribution in [0.1, 0.15) is 6.92 Å². The maximum absolute atomic E-state index is 11.9. The number of para-hydroxylation sites is 1. The number of piperazine rings is 1. The smallest absolute Gasteiger partial charge is 0.248 e. The number of carbonyl (C=O) groups excluding carboxylic acids is 1. The average molecular weight is 315 g/mol. The molecule has 118 valence electrons. The molecule has 5 nitrogen and oxygen atoms in total. The van der Waals surface area contributed by atoms with Crippen molar-refractivity contribution in [1.82, 2.24) is 10.2 Å². The highest BCUT2D eigenvalue weighted by Crippen LogP contribution is 2.07. The number of nitrogens with zero attached hydrogens (tertiary/aromatic N) is 1. The number of amides is 1. The first-order valence-electron chi connectivity index (χ1n) is 7.02. The minimum Gasteiger partial charge on any atom is -0.491 e. The maximum Gasteiger partial charge on any atom is 0.248 e. The van der Waals surface area contributed by atoms with Crippen molar-refractivity contribution in [2.45, 2.75) is 13.0 Å². The highest BCUT2D eigenvalue weighted by atomic mass is 35.5. The van der Waals surface area contributed by atoms with Crippen LogP contribution in [0.25, 0.3) is 0 Å². The summed E-state index contributed by atoms with van der Waals surface area (Å²) in [5, 5.41) is 3.31. The van der Waals surface area contributed by atoms with Gasteiger partial charge in [-0.25, -0.2) is 0 Å². The van der Waals surface area contributed by atoms with Crippen LogP contribution in [0.2, 0.25) is 0 Å². The average Bonchev–Trinajstić information content (AvgIpc) is 2.48. The summed E-state index contributed by atoms with van der Waals surface area (Å²) in [6, 6.07) is 9.93. The first-order chi connectivity index (χ1) is 9.75. The number of carbonyl (C=O) groups is 1. The molecule has 0 aromatic heterocycles. The van der Waals surface area contributed by atoms with E-state index < -0.39 is 0 Å². The number of halogens is 1. The van der Waals surface area contributed by atoms with E-state index in [2.05, 4.69) is 12.2 Å². The molecule has 1 aliphatic rings. The van der Waals surface area contributed by atoms with E-state index >= 15 is 0 Å². The fraction of sp³-hybridized carbons (Fsp3) is 0.533. The van der Waals surface area contributed by atoms with E-state index in [1.165, 1.54) is 0 Å². The summed E-state index contributed by atoms with van der Waals surface area (Å²) in [6.45, 7) is 5.44. The summed E-state index contributed by atoms with van der Waals surface area (Å²) in [7, 11) is 0. The van der Waals surface area contributed by atoms with Gasteiger partial charge in [-0.15, -0.1) is 12.4 Å². The van der Waals surface area contributed by atoms with Crippen molar-refractivity contribution in [3.8, 4) is 5.75 Å². The maximum atomic E-state index is 11.9. The van der Waals surface area contributed by atoms with Crippen molar-refractivity contribution in [2.24, 2.45) is 0 Å². The molecule has 0 saturated carbocycles. The molecule has 21 heavy (non-hydrogen) atoms.